The standard InChI is InChI=1S/C55H53N3/c1-3-5-7-17-35-56-49-23-13-9-21-45(49)47-37-40(29-33-51(47)56)55(41-30-34-52-48(38-41)46-22-10-14-24-50(46)57(52)36-18-8-6-4-2)39-27-31-42(32-28-39)58-53-25-15-11-19-43(53)44-20-12-16-26-54(44)58/h9-16,19-34,37-38,55H,3-8,17-18,35-36H2,1-2H3. The summed E-state index contributed by atoms with van der Waals surface area (Å²) in [7, 11) is 0. The van der Waals surface area contributed by atoms with Crippen molar-refractivity contribution >= 4 is 65.4 Å². The monoisotopic (exact) mass is 755 g/mol. The normalized spacial score (nSPS) is 12.1. The lowest BCUT2D eigenvalue weighted by molar-refractivity contribution is 0.602. The number of fused-ring (bicyclic) bond motifs is 9. The number of para-hydroxylation sites is 4. The largest absolute Gasteiger partial charge is 0.340 e. The molecule has 3 heteroatoms. The minimum Gasteiger partial charge on any atom is -0.340 e. The first kappa shape index (κ1) is 36.3. The molecule has 3 aromatic heterocycles. The van der Waals surface area contributed by atoms with E-state index in [-0.39, 0.29) is 5.92 Å². The van der Waals surface area contributed by atoms with Crippen molar-refractivity contribution < 1.29 is 0 Å². The SMILES string of the molecule is CCCCCCn1c2ccccc2c2cc(C(c3ccc(-n4c5ccccc5c5ccccc54)cc3)c3ccc4c(c3)c3ccccc3n4CCCCCC)ccc21. The van der Waals surface area contributed by atoms with Gasteiger partial charge in [0.25, 0.3) is 0 Å². The molecule has 10 aromatic rings. The Kier molecular flexibility index (Phi) is 9.83. The fourth-order valence-corrected chi connectivity index (χ4v) is 9.97. The zero-order valence-corrected chi connectivity index (χ0v) is 34.0. The van der Waals surface area contributed by atoms with Gasteiger partial charge in [0.1, 0.15) is 0 Å². The molecule has 0 atom stereocenters. The first-order chi connectivity index (χ1) is 28.7. The molecular weight excluding hydrogens is 703 g/mol. The van der Waals surface area contributed by atoms with Gasteiger partial charge in [0.15, 0.2) is 0 Å². The van der Waals surface area contributed by atoms with Crippen LogP contribution in [0.2, 0.25) is 0 Å². The van der Waals surface area contributed by atoms with Crippen molar-refractivity contribution in [2.24, 2.45) is 0 Å². The van der Waals surface area contributed by atoms with E-state index >= 15 is 0 Å². The van der Waals surface area contributed by atoms with Crippen LogP contribution >= 0.6 is 0 Å². The number of hydrogen-bond donors (Lipinski definition) is 0. The molecule has 3 heterocycles. The quantitative estimate of drug-likeness (QED) is 0.0775. The van der Waals surface area contributed by atoms with Gasteiger partial charge in [-0.05, 0) is 90.2 Å². The Labute approximate surface area is 342 Å². The molecule has 0 amide bonds. The molecule has 0 bridgehead atoms. The molecule has 0 radical (unpaired) electrons. The molecule has 0 aliphatic carbocycles. The lowest BCUT2D eigenvalue weighted by atomic mass is 9.84. The Morgan fingerprint density at radius 2 is 0.724 bits per heavy atom. The van der Waals surface area contributed by atoms with Crippen molar-refractivity contribution in [1.82, 2.24) is 13.7 Å². The van der Waals surface area contributed by atoms with Gasteiger partial charge >= 0.3 is 0 Å². The van der Waals surface area contributed by atoms with Gasteiger partial charge in [-0.25, -0.2) is 0 Å². The zero-order chi connectivity index (χ0) is 39.0. The maximum absolute atomic E-state index is 2.57. The summed E-state index contributed by atoms with van der Waals surface area (Å²) in [5.41, 5.74) is 13.0. The Morgan fingerprint density at radius 3 is 1.17 bits per heavy atom. The third-order valence-corrected chi connectivity index (χ3v) is 12.8. The fourth-order valence-electron chi connectivity index (χ4n) is 9.97. The molecule has 58 heavy (non-hydrogen) atoms. The minimum absolute atomic E-state index is 0.0549. The van der Waals surface area contributed by atoms with Crippen LogP contribution in [-0.2, 0) is 13.1 Å². The van der Waals surface area contributed by atoms with Gasteiger partial charge in [0, 0.05) is 79.1 Å². The van der Waals surface area contributed by atoms with E-state index < -0.39 is 0 Å². The highest BCUT2D eigenvalue weighted by Gasteiger charge is 2.22. The van der Waals surface area contributed by atoms with E-state index in [1.54, 1.807) is 0 Å². The summed E-state index contributed by atoms with van der Waals surface area (Å²) in [5, 5.41) is 7.96. The maximum Gasteiger partial charge on any atom is 0.0541 e. The molecule has 3 nitrogen and oxygen atoms in total. The van der Waals surface area contributed by atoms with E-state index in [4.69, 9.17) is 0 Å². The molecule has 0 aliphatic rings. The molecule has 0 N–H and O–H groups in total. The van der Waals surface area contributed by atoms with Crippen molar-refractivity contribution in [3.05, 3.63) is 174 Å². The van der Waals surface area contributed by atoms with E-state index in [0.29, 0.717) is 0 Å². The van der Waals surface area contributed by atoms with Crippen molar-refractivity contribution in [3.8, 4) is 5.69 Å². The van der Waals surface area contributed by atoms with Crippen LogP contribution in [0.25, 0.3) is 71.1 Å². The van der Waals surface area contributed by atoms with E-state index in [9.17, 15) is 0 Å². The predicted octanol–water partition coefficient (Wildman–Crippen LogP) is 15.3. The summed E-state index contributed by atoms with van der Waals surface area (Å²) in [6, 6.07) is 59.7. The Morgan fingerprint density at radius 1 is 0.345 bits per heavy atom. The molecular formula is C55H53N3. The number of nitrogens with zero attached hydrogens (tertiary/aromatic N) is 3. The van der Waals surface area contributed by atoms with E-state index in [1.807, 2.05) is 0 Å². The Bertz CT molecular complexity index is 2860. The highest BCUT2D eigenvalue weighted by atomic mass is 15.0. The Hall–Kier alpha value is -6.06. The summed E-state index contributed by atoms with van der Waals surface area (Å²) in [6.45, 7) is 6.69. The molecule has 0 fully saturated rings. The van der Waals surface area contributed by atoms with Crippen LogP contribution in [0.4, 0.5) is 0 Å². The molecule has 7 aromatic carbocycles. The summed E-state index contributed by atoms with van der Waals surface area (Å²) < 4.78 is 7.56. The van der Waals surface area contributed by atoms with Gasteiger partial charge in [0.2, 0.25) is 0 Å². The predicted molar refractivity (Wildman–Crippen MR) is 249 cm³/mol. The number of benzene rings is 7. The van der Waals surface area contributed by atoms with Crippen LogP contribution in [0.1, 0.15) is 87.8 Å². The number of aryl methyl sites for hydroxylation is 2. The van der Waals surface area contributed by atoms with Crippen molar-refractivity contribution in [2.75, 3.05) is 0 Å². The lowest BCUT2D eigenvalue weighted by Crippen LogP contribution is -2.05. The van der Waals surface area contributed by atoms with Crippen molar-refractivity contribution in [2.45, 2.75) is 84.2 Å². The summed E-state index contributed by atoms with van der Waals surface area (Å²) >= 11 is 0. The second-order valence-electron chi connectivity index (χ2n) is 16.4. The average Bonchev–Trinajstić information content (AvgIpc) is 3.89. The van der Waals surface area contributed by atoms with Gasteiger partial charge in [-0.15, -0.1) is 0 Å². The second kappa shape index (κ2) is 15.7. The summed E-state index contributed by atoms with van der Waals surface area (Å²) in [5.74, 6) is 0.0549. The van der Waals surface area contributed by atoms with Gasteiger partial charge < -0.3 is 13.7 Å². The van der Waals surface area contributed by atoms with Crippen LogP contribution in [0.3, 0.4) is 0 Å². The summed E-state index contributed by atoms with van der Waals surface area (Å²) in [6.07, 6.45) is 10.0. The third kappa shape index (κ3) is 6.29. The fraction of sp³-hybridized carbons (Fsp3) is 0.236. The van der Waals surface area contributed by atoms with Crippen LogP contribution in [0, 0.1) is 0 Å². The topological polar surface area (TPSA) is 14.8 Å². The first-order valence-electron chi connectivity index (χ1n) is 21.8. The molecule has 0 saturated heterocycles. The highest BCUT2D eigenvalue weighted by molar-refractivity contribution is 6.10. The molecule has 0 saturated carbocycles. The van der Waals surface area contributed by atoms with Gasteiger partial charge in [0.05, 0.1) is 11.0 Å². The van der Waals surface area contributed by atoms with Crippen LogP contribution in [0.5, 0.6) is 0 Å². The summed E-state index contributed by atoms with van der Waals surface area (Å²) in [4.78, 5) is 0. The number of aromatic nitrogens is 3. The minimum atomic E-state index is 0.0549. The van der Waals surface area contributed by atoms with E-state index in [1.165, 1.54) is 139 Å². The maximum atomic E-state index is 2.57. The van der Waals surface area contributed by atoms with Crippen molar-refractivity contribution in [1.29, 1.82) is 0 Å². The molecule has 10 rings (SSSR count). The van der Waals surface area contributed by atoms with Crippen LogP contribution < -0.4 is 0 Å². The first-order valence-corrected chi connectivity index (χ1v) is 21.8. The van der Waals surface area contributed by atoms with E-state index in [0.717, 1.165) is 13.1 Å². The number of rotatable bonds is 14. The number of unbranched alkanes of at least 4 members (excludes halogenated alkanes) is 6. The Balaban J connectivity index is 1.13. The van der Waals surface area contributed by atoms with Crippen molar-refractivity contribution in [3.63, 3.8) is 0 Å². The van der Waals surface area contributed by atoms with Gasteiger partial charge in [-0.1, -0.05) is 149 Å². The molecule has 0 aliphatic heterocycles. The van der Waals surface area contributed by atoms with E-state index in [2.05, 4.69) is 185 Å². The molecule has 0 unspecified atom stereocenters. The zero-order valence-electron chi connectivity index (χ0n) is 34.0. The van der Waals surface area contributed by atoms with Gasteiger partial charge in [-0.3, -0.25) is 0 Å². The average molecular weight is 756 g/mol. The highest BCUT2D eigenvalue weighted by Crippen LogP contribution is 2.40. The molecule has 288 valence electrons. The third-order valence-electron chi connectivity index (χ3n) is 12.8. The lowest BCUT2D eigenvalue weighted by Gasteiger charge is -2.21. The molecule has 0 spiro atoms. The smallest absolute Gasteiger partial charge is 0.0541 e. The van der Waals surface area contributed by atoms with Gasteiger partial charge in [-0.2, -0.15) is 0 Å². The van der Waals surface area contributed by atoms with Crippen LogP contribution in [0.15, 0.2) is 158 Å². The van der Waals surface area contributed by atoms with Crippen LogP contribution in [-0.4, -0.2) is 13.7 Å². The second-order valence-corrected chi connectivity index (χ2v) is 16.4. The number of hydrogen-bond acceptors (Lipinski definition) is 0.